The highest BCUT2D eigenvalue weighted by molar-refractivity contribution is 5.65. The van der Waals surface area contributed by atoms with Gasteiger partial charge in [-0.05, 0) is 29.3 Å². The number of rotatable bonds is 4. The summed E-state index contributed by atoms with van der Waals surface area (Å²) >= 11 is 0. The van der Waals surface area contributed by atoms with Crippen molar-refractivity contribution in [2.45, 2.75) is 13.1 Å². The van der Waals surface area contributed by atoms with Gasteiger partial charge in [-0.15, -0.1) is 0 Å². The molecule has 0 spiro atoms. The van der Waals surface area contributed by atoms with Gasteiger partial charge < -0.3 is 10.3 Å². The second kappa shape index (κ2) is 6.45. The molecule has 2 heterocycles. The predicted molar refractivity (Wildman–Crippen MR) is 95.5 cm³/mol. The van der Waals surface area contributed by atoms with Gasteiger partial charge in [-0.2, -0.15) is 0 Å². The molecule has 2 N–H and O–H groups in total. The number of aromatic nitrogens is 3. The van der Waals surface area contributed by atoms with Gasteiger partial charge in [0.2, 0.25) is 0 Å². The van der Waals surface area contributed by atoms with Gasteiger partial charge in [-0.1, -0.05) is 36.4 Å². The van der Waals surface area contributed by atoms with E-state index in [4.69, 9.17) is 5.73 Å². The molecule has 5 heteroatoms. The van der Waals surface area contributed by atoms with E-state index in [9.17, 15) is 4.39 Å². The van der Waals surface area contributed by atoms with Crippen LogP contribution in [-0.2, 0) is 13.1 Å². The molecule has 2 aliphatic heterocycles. The van der Waals surface area contributed by atoms with Crippen LogP contribution in [0.25, 0.3) is 22.8 Å². The van der Waals surface area contributed by atoms with Gasteiger partial charge in [0.15, 0.2) is 5.82 Å². The summed E-state index contributed by atoms with van der Waals surface area (Å²) in [5.74, 6) is 0.0933. The highest BCUT2D eigenvalue weighted by Crippen LogP contribution is 2.26. The van der Waals surface area contributed by atoms with Crippen LogP contribution in [0.5, 0.6) is 0 Å². The van der Waals surface area contributed by atoms with Crippen molar-refractivity contribution in [3.63, 3.8) is 0 Å². The van der Waals surface area contributed by atoms with Crippen molar-refractivity contribution in [3.8, 4) is 22.8 Å². The summed E-state index contributed by atoms with van der Waals surface area (Å²) in [4.78, 5) is 8.93. The van der Waals surface area contributed by atoms with Crippen LogP contribution in [0.2, 0.25) is 0 Å². The van der Waals surface area contributed by atoms with Crippen molar-refractivity contribution in [1.82, 2.24) is 14.5 Å². The van der Waals surface area contributed by atoms with E-state index in [2.05, 4.69) is 16.0 Å². The van der Waals surface area contributed by atoms with E-state index >= 15 is 0 Å². The van der Waals surface area contributed by atoms with E-state index in [1.807, 2.05) is 41.2 Å². The van der Waals surface area contributed by atoms with Crippen LogP contribution in [0.15, 0.2) is 67.0 Å². The standard InChI is InChI=1S/C20H17FN4/c21-17-8-4-3-7-16(17)20-23-18-9-10-25(13-19(18)24-20)12-15-6-2-1-5-14(15)11-22/h1-10,13H,11-12,22H2. The zero-order chi connectivity index (χ0) is 17.2. The third kappa shape index (κ3) is 3.02. The normalized spacial score (nSPS) is 11.1. The molecule has 2 aromatic carbocycles. The Morgan fingerprint density at radius 1 is 0.880 bits per heavy atom. The maximum atomic E-state index is 14.0. The molecule has 0 bridgehead atoms. The molecule has 2 aliphatic rings. The van der Waals surface area contributed by atoms with Crippen molar-refractivity contribution in [1.29, 1.82) is 0 Å². The Labute approximate surface area is 145 Å². The molecule has 0 unspecified atom stereocenters. The molecule has 0 amide bonds. The number of nitrogens with two attached hydrogens (primary N) is 1. The minimum Gasteiger partial charge on any atom is -0.348 e. The lowest BCUT2D eigenvalue weighted by Crippen LogP contribution is -2.06. The van der Waals surface area contributed by atoms with Crippen LogP contribution < -0.4 is 5.73 Å². The molecule has 0 saturated carbocycles. The quantitative estimate of drug-likeness (QED) is 0.620. The van der Waals surface area contributed by atoms with Crippen LogP contribution in [0.3, 0.4) is 0 Å². The largest absolute Gasteiger partial charge is 0.348 e. The first-order valence-corrected chi connectivity index (χ1v) is 8.10. The number of pyridine rings is 1. The van der Waals surface area contributed by atoms with Gasteiger partial charge >= 0.3 is 0 Å². The van der Waals surface area contributed by atoms with Crippen LogP contribution >= 0.6 is 0 Å². The zero-order valence-corrected chi connectivity index (χ0v) is 13.6. The highest BCUT2D eigenvalue weighted by Gasteiger charge is 2.15. The lowest BCUT2D eigenvalue weighted by Gasteiger charge is -2.11. The third-order valence-corrected chi connectivity index (χ3v) is 4.23. The second-order valence-corrected chi connectivity index (χ2v) is 5.89. The SMILES string of the molecule is NCc1ccccc1Cn1ccc2nc(-c3ccccc3F)nc-2c1. The maximum absolute atomic E-state index is 14.0. The number of halogens is 1. The molecule has 0 atom stereocenters. The molecule has 0 radical (unpaired) electrons. The van der Waals surface area contributed by atoms with Gasteiger partial charge in [-0.25, -0.2) is 14.4 Å². The summed E-state index contributed by atoms with van der Waals surface area (Å²) in [6.07, 6.45) is 3.88. The molecule has 25 heavy (non-hydrogen) atoms. The number of benzene rings is 2. The Kier molecular flexibility index (Phi) is 3.99. The number of hydrogen-bond acceptors (Lipinski definition) is 3. The molecule has 2 aromatic rings. The van der Waals surface area contributed by atoms with Crippen LogP contribution in [0.1, 0.15) is 11.1 Å². The van der Waals surface area contributed by atoms with E-state index in [0.29, 0.717) is 24.5 Å². The smallest absolute Gasteiger partial charge is 0.163 e. The number of nitrogens with zero attached hydrogens (tertiary/aromatic N) is 3. The Balaban J connectivity index is 1.70. The first-order chi connectivity index (χ1) is 12.2. The molecule has 124 valence electrons. The van der Waals surface area contributed by atoms with Gasteiger partial charge in [0.05, 0.1) is 11.3 Å². The number of fused-ring (bicyclic) bond motifs is 1. The fourth-order valence-corrected chi connectivity index (χ4v) is 2.92. The maximum Gasteiger partial charge on any atom is 0.163 e. The van der Waals surface area contributed by atoms with Gasteiger partial charge in [0, 0.05) is 25.5 Å². The van der Waals surface area contributed by atoms with E-state index in [1.165, 1.54) is 11.6 Å². The molecule has 0 aliphatic carbocycles. The average Bonchev–Trinajstić information content (AvgIpc) is 3.05. The minimum absolute atomic E-state index is 0.317. The van der Waals surface area contributed by atoms with Crippen molar-refractivity contribution in [2.24, 2.45) is 5.73 Å². The van der Waals surface area contributed by atoms with Crippen molar-refractivity contribution in [2.75, 3.05) is 0 Å². The zero-order valence-electron chi connectivity index (χ0n) is 13.6. The Bertz CT molecular complexity index is 992. The monoisotopic (exact) mass is 332 g/mol. The average molecular weight is 332 g/mol. The molecule has 4 rings (SSSR count). The lowest BCUT2D eigenvalue weighted by molar-refractivity contribution is 0.630. The summed E-state index contributed by atoms with van der Waals surface area (Å²) in [7, 11) is 0. The predicted octanol–water partition coefficient (Wildman–Crippen LogP) is 3.70. The van der Waals surface area contributed by atoms with Crippen LogP contribution in [0.4, 0.5) is 4.39 Å². The first kappa shape index (κ1) is 15.5. The van der Waals surface area contributed by atoms with E-state index in [0.717, 1.165) is 17.0 Å². The van der Waals surface area contributed by atoms with Crippen molar-refractivity contribution in [3.05, 3.63) is 83.9 Å². The van der Waals surface area contributed by atoms with E-state index < -0.39 is 0 Å². The molecule has 0 aromatic heterocycles. The summed E-state index contributed by atoms with van der Waals surface area (Å²) in [5, 5.41) is 0. The summed E-state index contributed by atoms with van der Waals surface area (Å²) in [5.41, 5.74) is 10.0. The minimum atomic E-state index is -0.317. The number of imidazole rings is 1. The summed E-state index contributed by atoms with van der Waals surface area (Å²) in [6, 6.07) is 16.5. The second-order valence-electron chi connectivity index (χ2n) is 5.89. The van der Waals surface area contributed by atoms with Gasteiger partial charge in [0.25, 0.3) is 0 Å². The molecular formula is C20H17FN4. The Morgan fingerprint density at radius 3 is 2.40 bits per heavy atom. The van der Waals surface area contributed by atoms with Crippen molar-refractivity contribution < 1.29 is 4.39 Å². The Morgan fingerprint density at radius 2 is 1.60 bits per heavy atom. The lowest BCUT2D eigenvalue weighted by atomic mass is 10.1. The summed E-state index contributed by atoms with van der Waals surface area (Å²) < 4.78 is 16.0. The third-order valence-electron chi connectivity index (χ3n) is 4.23. The van der Waals surface area contributed by atoms with E-state index in [-0.39, 0.29) is 5.82 Å². The van der Waals surface area contributed by atoms with E-state index in [1.54, 1.807) is 18.2 Å². The topological polar surface area (TPSA) is 56.7 Å². The van der Waals surface area contributed by atoms with Crippen molar-refractivity contribution >= 4 is 0 Å². The van der Waals surface area contributed by atoms with Crippen LogP contribution in [0, 0.1) is 5.82 Å². The molecule has 0 fully saturated rings. The Hall–Kier alpha value is -3.05. The molecular weight excluding hydrogens is 315 g/mol. The molecule has 0 saturated heterocycles. The first-order valence-electron chi connectivity index (χ1n) is 8.10. The van der Waals surface area contributed by atoms with Gasteiger partial charge in [-0.3, -0.25) is 0 Å². The number of hydrogen-bond donors (Lipinski definition) is 1. The highest BCUT2D eigenvalue weighted by atomic mass is 19.1. The fraction of sp³-hybridized carbons (Fsp3) is 0.100. The van der Waals surface area contributed by atoms with Gasteiger partial charge in [0.1, 0.15) is 11.5 Å². The fourth-order valence-electron chi connectivity index (χ4n) is 2.92. The molecule has 4 nitrogen and oxygen atoms in total. The van der Waals surface area contributed by atoms with Crippen LogP contribution in [-0.4, -0.2) is 14.5 Å². The summed E-state index contributed by atoms with van der Waals surface area (Å²) in [6.45, 7) is 1.21.